The molecule has 2 amide bonds. The van der Waals surface area contributed by atoms with Gasteiger partial charge in [-0.15, -0.1) is 0 Å². The fraction of sp³-hybridized carbons (Fsp3) is 0.222. The third-order valence-corrected chi connectivity index (χ3v) is 3.96. The highest BCUT2D eigenvalue weighted by atomic mass is 19.1. The Hall–Kier alpha value is -2.69. The summed E-state index contributed by atoms with van der Waals surface area (Å²) < 4.78 is 13.2. The van der Waals surface area contributed by atoms with Gasteiger partial charge in [-0.3, -0.25) is 9.59 Å². The first-order valence-corrected chi connectivity index (χ1v) is 7.54. The minimum atomic E-state index is -0.283. The zero-order valence-electron chi connectivity index (χ0n) is 12.5. The molecule has 1 aliphatic carbocycles. The van der Waals surface area contributed by atoms with Crippen molar-refractivity contribution in [1.29, 1.82) is 0 Å². The van der Waals surface area contributed by atoms with Gasteiger partial charge in [0.25, 0.3) is 5.91 Å². The van der Waals surface area contributed by atoms with E-state index in [1.807, 2.05) is 6.07 Å². The van der Waals surface area contributed by atoms with E-state index < -0.39 is 0 Å². The van der Waals surface area contributed by atoms with Gasteiger partial charge in [-0.2, -0.15) is 0 Å². The van der Waals surface area contributed by atoms with Crippen molar-refractivity contribution in [3.8, 4) is 0 Å². The van der Waals surface area contributed by atoms with Crippen LogP contribution in [-0.4, -0.2) is 18.4 Å². The molecule has 2 N–H and O–H groups in total. The molecule has 0 aliphatic heterocycles. The topological polar surface area (TPSA) is 58.2 Å². The summed E-state index contributed by atoms with van der Waals surface area (Å²) in [5.41, 5.74) is 2.40. The largest absolute Gasteiger partial charge is 0.348 e. The summed E-state index contributed by atoms with van der Waals surface area (Å²) >= 11 is 0. The van der Waals surface area contributed by atoms with Gasteiger partial charge in [-0.05, 0) is 48.2 Å². The van der Waals surface area contributed by atoms with Gasteiger partial charge in [0.1, 0.15) is 5.82 Å². The van der Waals surface area contributed by atoms with E-state index in [9.17, 15) is 14.0 Å². The van der Waals surface area contributed by atoms with E-state index in [0.29, 0.717) is 5.56 Å². The number of hydrogen-bond donors (Lipinski definition) is 2. The van der Waals surface area contributed by atoms with Crippen LogP contribution in [0.15, 0.2) is 48.5 Å². The predicted octanol–water partition coefficient (Wildman–Crippen LogP) is 2.36. The Morgan fingerprint density at radius 2 is 1.91 bits per heavy atom. The second-order valence-corrected chi connectivity index (χ2v) is 5.55. The quantitative estimate of drug-likeness (QED) is 0.910. The van der Waals surface area contributed by atoms with E-state index in [0.717, 1.165) is 24.0 Å². The SMILES string of the molecule is O=C(CNC(=O)c1ccccc1)NC1CCc2cc(F)ccc21. The van der Waals surface area contributed by atoms with Crippen LogP contribution in [0.4, 0.5) is 4.39 Å². The normalized spacial score (nSPS) is 15.8. The molecule has 23 heavy (non-hydrogen) atoms. The van der Waals surface area contributed by atoms with Crippen LogP contribution in [0, 0.1) is 5.82 Å². The van der Waals surface area contributed by atoms with E-state index in [1.165, 1.54) is 12.1 Å². The molecule has 0 fully saturated rings. The highest BCUT2D eigenvalue weighted by Gasteiger charge is 2.24. The van der Waals surface area contributed by atoms with Crippen LogP contribution >= 0.6 is 0 Å². The van der Waals surface area contributed by atoms with E-state index >= 15 is 0 Å². The molecule has 0 saturated heterocycles. The molecule has 118 valence electrons. The summed E-state index contributed by atoms with van der Waals surface area (Å²) in [5.74, 6) is -0.794. The van der Waals surface area contributed by atoms with Crippen molar-refractivity contribution in [2.75, 3.05) is 6.54 Å². The number of rotatable bonds is 4. The van der Waals surface area contributed by atoms with Gasteiger partial charge in [-0.25, -0.2) is 4.39 Å². The Kier molecular flexibility index (Phi) is 4.37. The Bertz CT molecular complexity index is 731. The third kappa shape index (κ3) is 3.56. The summed E-state index contributed by atoms with van der Waals surface area (Å²) in [5, 5.41) is 5.48. The number of fused-ring (bicyclic) bond motifs is 1. The summed E-state index contributed by atoms with van der Waals surface area (Å²) in [4.78, 5) is 23.9. The molecule has 1 atom stereocenters. The lowest BCUT2D eigenvalue weighted by molar-refractivity contribution is -0.120. The molecule has 0 heterocycles. The molecular formula is C18H17FN2O2. The number of nitrogens with one attached hydrogen (secondary N) is 2. The van der Waals surface area contributed by atoms with Crippen molar-refractivity contribution < 1.29 is 14.0 Å². The maximum absolute atomic E-state index is 13.2. The number of amides is 2. The minimum absolute atomic E-state index is 0.0826. The van der Waals surface area contributed by atoms with Crippen LogP contribution in [0.1, 0.15) is 33.9 Å². The van der Waals surface area contributed by atoms with E-state index in [2.05, 4.69) is 10.6 Å². The predicted molar refractivity (Wildman–Crippen MR) is 84.4 cm³/mol. The molecule has 0 radical (unpaired) electrons. The van der Waals surface area contributed by atoms with Crippen molar-refractivity contribution in [3.63, 3.8) is 0 Å². The number of hydrogen-bond acceptors (Lipinski definition) is 2. The van der Waals surface area contributed by atoms with Gasteiger partial charge in [-0.1, -0.05) is 24.3 Å². The first kappa shape index (κ1) is 15.2. The summed E-state index contributed by atoms with van der Waals surface area (Å²) in [6.45, 7) is -0.0826. The second kappa shape index (κ2) is 6.60. The molecular weight excluding hydrogens is 295 g/mol. The molecule has 2 aromatic rings. The summed E-state index contributed by atoms with van der Waals surface area (Å²) in [7, 11) is 0. The highest BCUT2D eigenvalue weighted by Crippen LogP contribution is 2.31. The number of aryl methyl sites for hydroxylation is 1. The van der Waals surface area contributed by atoms with Crippen molar-refractivity contribution in [2.24, 2.45) is 0 Å². The third-order valence-electron chi connectivity index (χ3n) is 3.96. The lowest BCUT2D eigenvalue weighted by Crippen LogP contribution is -2.38. The molecule has 0 aromatic heterocycles. The maximum atomic E-state index is 13.2. The van der Waals surface area contributed by atoms with Crippen LogP contribution in [-0.2, 0) is 11.2 Å². The summed E-state index contributed by atoms with van der Waals surface area (Å²) in [6.07, 6.45) is 1.49. The average molecular weight is 312 g/mol. The van der Waals surface area contributed by atoms with Gasteiger partial charge < -0.3 is 10.6 Å². The van der Waals surface area contributed by atoms with Crippen molar-refractivity contribution in [1.82, 2.24) is 10.6 Å². The molecule has 0 spiro atoms. The van der Waals surface area contributed by atoms with Crippen molar-refractivity contribution in [2.45, 2.75) is 18.9 Å². The van der Waals surface area contributed by atoms with Crippen LogP contribution in [0.2, 0.25) is 0 Å². The van der Waals surface area contributed by atoms with Gasteiger partial charge in [0.05, 0.1) is 12.6 Å². The van der Waals surface area contributed by atoms with Gasteiger partial charge in [0.2, 0.25) is 5.91 Å². The first-order chi connectivity index (χ1) is 11.1. The molecule has 1 aliphatic rings. The number of carbonyl (C=O) groups excluding carboxylic acids is 2. The number of carbonyl (C=O) groups is 2. The van der Waals surface area contributed by atoms with E-state index in [-0.39, 0.29) is 30.2 Å². The molecule has 0 bridgehead atoms. The molecule has 2 aromatic carbocycles. The second-order valence-electron chi connectivity index (χ2n) is 5.55. The zero-order chi connectivity index (χ0) is 16.2. The Morgan fingerprint density at radius 3 is 2.70 bits per heavy atom. The minimum Gasteiger partial charge on any atom is -0.348 e. The number of benzene rings is 2. The Labute approximate surface area is 133 Å². The standard InChI is InChI=1S/C18H17FN2O2/c19-14-7-8-15-13(10-14)6-9-16(15)21-17(22)11-20-18(23)12-4-2-1-3-5-12/h1-5,7-8,10,16H,6,9,11H2,(H,20,23)(H,21,22). The Morgan fingerprint density at radius 1 is 1.13 bits per heavy atom. The fourth-order valence-electron chi connectivity index (χ4n) is 2.83. The van der Waals surface area contributed by atoms with E-state index in [4.69, 9.17) is 0 Å². The van der Waals surface area contributed by atoms with Gasteiger partial charge in [0.15, 0.2) is 0 Å². The monoisotopic (exact) mass is 312 g/mol. The average Bonchev–Trinajstić information content (AvgIpc) is 2.95. The first-order valence-electron chi connectivity index (χ1n) is 7.54. The van der Waals surface area contributed by atoms with Crippen LogP contribution in [0.5, 0.6) is 0 Å². The fourth-order valence-corrected chi connectivity index (χ4v) is 2.83. The lowest BCUT2D eigenvalue weighted by atomic mass is 10.1. The molecule has 1 unspecified atom stereocenters. The smallest absolute Gasteiger partial charge is 0.251 e. The van der Waals surface area contributed by atoms with Crippen molar-refractivity contribution in [3.05, 3.63) is 71.0 Å². The molecule has 3 rings (SSSR count). The van der Waals surface area contributed by atoms with Gasteiger partial charge >= 0.3 is 0 Å². The molecule has 0 saturated carbocycles. The summed E-state index contributed by atoms with van der Waals surface area (Å²) in [6, 6.07) is 13.2. The van der Waals surface area contributed by atoms with Crippen LogP contribution in [0.3, 0.4) is 0 Å². The lowest BCUT2D eigenvalue weighted by Gasteiger charge is -2.14. The number of halogens is 1. The molecule has 4 nitrogen and oxygen atoms in total. The van der Waals surface area contributed by atoms with Crippen LogP contribution < -0.4 is 10.6 Å². The van der Waals surface area contributed by atoms with Crippen molar-refractivity contribution >= 4 is 11.8 Å². The highest BCUT2D eigenvalue weighted by molar-refractivity contribution is 5.96. The van der Waals surface area contributed by atoms with Gasteiger partial charge in [0, 0.05) is 5.56 Å². The molecule has 5 heteroatoms. The zero-order valence-corrected chi connectivity index (χ0v) is 12.5. The Balaban J connectivity index is 1.54. The van der Waals surface area contributed by atoms with E-state index in [1.54, 1.807) is 30.3 Å². The maximum Gasteiger partial charge on any atom is 0.251 e. The van der Waals surface area contributed by atoms with Crippen LogP contribution in [0.25, 0.3) is 0 Å².